The summed E-state index contributed by atoms with van der Waals surface area (Å²) in [6.45, 7) is 2.23. The Hall–Kier alpha value is -2.95. The van der Waals surface area contributed by atoms with E-state index in [4.69, 9.17) is 27.9 Å². The maximum atomic E-state index is 13.9. The number of halogens is 5. The minimum atomic E-state index is -4.28. The molecule has 1 amide bonds. The summed E-state index contributed by atoms with van der Waals surface area (Å²) >= 11 is 12.1. The van der Waals surface area contributed by atoms with E-state index < -0.39 is 49.5 Å². The van der Waals surface area contributed by atoms with Gasteiger partial charge in [0.1, 0.15) is 10.6 Å². The quantitative estimate of drug-likeness (QED) is 0.383. The molecule has 0 bridgehead atoms. The van der Waals surface area contributed by atoms with Gasteiger partial charge in [-0.2, -0.15) is 0 Å². The van der Waals surface area contributed by atoms with E-state index >= 15 is 0 Å². The molecule has 0 spiro atoms. The van der Waals surface area contributed by atoms with Crippen molar-refractivity contribution in [3.8, 4) is 5.75 Å². The maximum Gasteiger partial charge on any atom is 0.263 e. The molecule has 3 aromatic carbocycles. The van der Waals surface area contributed by atoms with Crippen LogP contribution in [0.15, 0.2) is 53.4 Å². The van der Waals surface area contributed by atoms with Gasteiger partial charge in [-0.05, 0) is 55.5 Å². The van der Waals surface area contributed by atoms with Crippen molar-refractivity contribution >= 4 is 50.5 Å². The highest BCUT2D eigenvalue weighted by Crippen LogP contribution is 2.31. The Morgan fingerprint density at radius 3 is 2.27 bits per heavy atom. The fourth-order valence-electron chi connectivity index (χ4n) is 2.72. The van der Waals surface area contributed by atoms with Gasteiger partial charge in [-0.25, -0.2) is 21.6 Å². The van der Waals surface area contributed by atoms with Crippen LogP contribution in [0.25, 0.3) is 0 Å². The Balaban J connectivity index is 1.91. The molecule has 2 N–H and O–H groups in total. The number of hydrogen-bond acceptors (Lipinski definition) is 4. The van der Waals surface area contributed by atoms with Gasteiger partial charge in [-0.3, -0.25) is 9.52 Å². The average molecular weight is 519 g/mol. The summed E-state index contributed by atoms with van der Waals surface area (Å²) in [5.74, 6) is -5.38. The van der Waals surface area contributed by atoms with E-state index in [1.807, 2.05) is 5.32 Å². The molecule has 0 aliphatic carbocycles. The van der Waals surface area contributed by atoms with Crippen molar-refractivity contribution in [1.82, 2.24) is 0 Å². The second kappa shape index (κ2) is 9.90. The van der Waals surface area contributed by atoms with Crippen LogP contribution in [0.1, 0.15) is 17.3 Å². The first kappa shape index (κ1) is 24.7. The second-order valence-corrected chi connectivity index (χ2v) is 8.97. The van der Waals surface area contributed by atoms with Crippen LogP contribution in [0, 0.1) is 17.5 Å². The standard InChI is InChI=1S/C21H15Cl2F3N2O4S/c1-2-32-12-5-3-11(4-6-12)28-33(30,31)18-9-13(14(22)10-15(18)23)21(29)27-17-8-7-16(24)19(25)20(17)26/h3-10,28H,2H2,1H3,(H,27,29). The number of ether oxygens (including phenoxy) is 1. The van der Waals surface area contributed by atoms with Crippen molar-refractivity contribution in [1.29, 1.82) is 0 Å². The molecule has 3 aromatic rings. The van der Waals surface area contributed by atoms with Crippen molar-refractivity contribution in [2.75, 3.05) is 16.6 Å². The summed E-state index contributed by atoms with van der Waals surface area (Å²) in [5, 5.41) is 1.49. The molecule has 3 rings (SSSR count). The van der Waals surface area contributed by atoms with Gasteiger partial charge in [-0.15, -0.1) is 0 Å². The summed E-state index contributed by atoms with van der Waals surface area (Å²) in [7, 11) is -4.28. The van der Waals surface area contributed by atoms with Crippen LogP contribution in [0.3, 0.4) is 0 Å². The van der Waals surface area contributed by atoms with Crippen molar-refractivity contribution in [3.05, 3.63) is 81.6 Å². The van der Waals surface area contributed by atoms with E-state index in [0.717, 1.165) is 18.2 Å². The number of nitrogens with one attached hydrogen (secondary N) is 2. The zero-order valence-corrected chi connectivity index (χ0v) is 19.1. The summed E-state index contributed by atoms with van der Waals surface area (Å²) in [5.41, 5.74) is -0.863. The Bertz CT molecular complexity index is 1320. The Kier molecular flexibility index (Phi) is 7.41. The molecule has 0 atom stereocenters. The molecule has 12 heteroatoms. The van der Waals surface area contributed by atoms with E-state index in [2.05, 4.69) is 4.72 Å². The predicted molar refractivity (Wildman–Crippen MR) is 119 cm³/mol. The van der Waals surface area contributed by atoms with Crippen LogP contribution in [0.4, 0.5) is 24.5 Å². The highest BCUT2D eigenvalue weighted by atomic mass is 35.5. The first-order valence-electron chi connectivity index (χ1n) is 9.23. The first-order chi connectivity index (χ1) is 15.5. The van der Waals surface area contributed by atoms with E-state index in [-0.39, 0.29) is 15.7 Å². The third kappa shape index (κ3) is 5.52. The van der Waals surface area contributed by atoms with Crippen LogP contribution in [-0.4, -0.2) is 20.9 Å². The number of amides is 1. The lowest BCUT2D eigenvalue weighted by molar-refractivity contribution is 0.102. The van der Waals surface area contributed by atoms with Crippen molar-refractivity contribution in [3.63, 3.8) is 0 Å². The molecule has 0 fully saturated rings. The highest BCUT2D eigenvalue weighted by Gasteiger charge is 2.24. The molecule has 174 valence electrons. The van der Waals surface area contributed by atoms with Crippen molar-refractivity contribution in [2.45, 2.75) is 11.8 Å². The molecule has 0 saturated heterocycles. The van der Waals surface area contributed by atoms with Crippen LogP contribution in [-0.2, 0) is 10.0 Å². The summed E-state index contributed by atoms with van der Waals surface area (Å²) < 4.78 is 73.8. The third-order valence-electron chi connectivity index (χ3n) is 4.26. The molecule has 0 aliphatic rings. The van der Waals surface area contributed by atoms with E-state index in [1.165, 1.54) is 12.1 Å². The number of hydrogen-bond donors (Lipinski definition) is 2. The van der Waals surface area contributed by atoms with Crippen LogP contribution >= 0.6 is 23.2 Å². The van der Waals surface area contributed by atoms with Gasteiger partial charge in [-0.1, -0.05) is 23.2 Å². The summed E-state index contributed by atoms with van der Waals surface area (Å²) in [6, 6.07) is 9.37. The Morgan fingerprint density at radius 2 is 1.64 bits per heavy atom. The molecular weight excluding hydrogens is 504 g/mol. The molecule has 0 aliphatic heterocycles. The molecule has 0 saturated carbocycles. The van der Waals surface area contributed by atoms with Gasteiger partial charge in [0.2, 0.25) is 0 Å². The second-order valence-electron chi connectivity index (χ2n) is 6.50. The zero-order chi connectivity index (χ0) is 24.3. The molecule has 0 unspecified atom stereocenters. The number of rotatable bonds is 7. The lowest BCUT2D eigenvalue weighted by Crippen LogP contribution is -2.18. The zero-order valence-electron chi connectivity index (χ0n) is 16.8. The lowest BCUT2D eigenvalue weighted by Gasteiger charge is -2.13. The number of benzene rings is 3. The molecule has 0 heterocycles. The first-order valence-corrected chi connectivity index (χ1v) is 11.5. The van der Waals surface area contributed by atoms with Crippen LogP contribution in [0.5, 0.6) is 5.75 Å². The maximum absolute atomic E-state index is 13.9. The van der Waals surface area contributed by atoms with E-state index in [1.54, 1.807) is 19.1 Å². The summed E-state index contributed by atoms with van der Waals surface area (Å²) in [6.07, 6.45) is 0. The topological polar surface area (TPSA) is 84.5 Å². The predicted octanol–water partition coefficient (Wildman–Crippen LogP) is 5.86. The van der Waals surface area contributed by atoms with Crippen molar-refractivity contribution < 1.29 is 31.1 Å². The lowest BCUT2D eigenvalue weighted by atomic mass is 10.2. The number of carbonyl (C=O) groups is 1. The monoisotopic (exact) mass is 518 g/mol. The number of carbonyl (C=O) groups excluding carboxylic acids is 1. The smallest absolute Gasteiger partial charge is 0.263 e. The Labute approximate surface area is 197 Å². The van der Waals surface area contributed by atoms with Gasteiger partial charge in [0, 0.05) is 5.69 Å². The normalized spacial score (nSPS) is 11.2. The highest BCUT2D eigenvalue weighted by molar-refractivity contribution is 7.92. The molecule has 0 aromatic heterocycles. The van der Waals surface area contributed by atoms with E-state index in [9.17, 15) is 26.4 Å². The molecule has 0 radical (unpaired) electrons. The fourth-order valence-corrected chi connectivity index (χ4v) is 4.64. The molecule has 33 heavy (non-hydrogen) atoms. The third-order valence-corrected chi connectivity index (χ3v) is 6.42. The van der Waals surface area contributed by atoms with Gasteiger partial charge >= 0.3 is 0 Å². The number of sulfonamides is 1. The average Bonchev–Trinajstić information content (AvgIpc) is 2.75. The van der Waals surface area contributed by atoms with Gasteiger partial charge in [0.15, 0.2) is 17.5 Å². The van der Waals surface area contributed by atoms with Crippen LogP contribution in [0.2, 0.25) is 10.0 Å². The minimum absolute atomic E-state index is 0.194. The Morgan fingerprint density at radius 1 is 0.970 bits per heavy atom. The fraction of sp³-hybridized carbons (Fsp3) is 0.0952. The van der Waals surface area contributed by atoms with Crippen molar-refractivity contribution in [2.24, 2.45) is 0 Å². The summed E-state index contributed by atoms with van der Waals surface area (Å²) in [4.78, 5) is 12.1. The largest absolute Gasteiger partial charge is 0.494 e. The number of anilines is 2. The van der Waals surface area contributed by atoms with E-state index in [0.29, 0.717) is 18.4 Å². The van der Waals surface area contributed by atoms with Crippen LogP contribution < -0.4 is 14.8 Å². The van der Waals surface area contributed by atoms with Gasteiger partial charge in [0.25, 0.3) is 15.9 Å². The SMILES string of the molecule is CCOc1ccc(NS(=O)(=O)c2cc(C(=O)Nc3ccc(F)c(F)c3F)c(Cl)cc2Cl)cc1. The molecule has 6 nitrogen and oxygen atoms in total. The molecular formula is C21H15Cl2F3N2O4S. The minimum Gasteiger partial charge on any atom is -0.494 e. The van der Waals surface area contributed by atoms with Gasteiger partial charge < -0.3 is 10.1 Å². The van der Waals surface area contributed by atoms with Gasteiger partial charge in [0.05, 0.1) is 27.9 Å².